The van der Waals surface area contributed by atoms with E-state index in [4.69, 9.17) is 4.74 Å². The van der Waals surface area contributed by atoms with Crippen molar-refractivity contribution in [3.63, 3.8) is 0 Å². The van der Waals surface area contributed by atoms with Gasteiger partial charge >= 0.3 is 0 Å². The normalized spacial score (nSPS) is 40.9. The van der Waals surface area contributed by atoms with Gasteiger partial charge in [-0.2, -0.15) is 0 Å². The predicted molar refractivity (Wildman–Crippen MR) is 74.4 cm³/mol. The maximum Gasteiger partial charge on any atom is 0.0625 e. The zero-order valence-electron chi connectivity index (χ0n) is 12.3. The Kier molecular flexibility index (Phi) is 3.63. The van der Waals surface area contributed by atoms with Crippen LogP contribution in [0.15, 0.2) is 12.2 Å². The van der Waals surface area contributed by atoms with E-state index in [1.807, 2.05) is 0 Å². The molecular weight excluding hydrogens is 224 g/mol. The van der Waals surface area contributed by atoms with Gasteiger partial charge in [0.25, 0.3) is 0 Å². The van der Waals surface area contributed by atoms with Crippen LogP contribution in [0.1, 0.15) is 52.9 Å². The fourth-order valence-electron chi connectivity index (χ4n) is 4.27. The molecule has 0 heterocycles. The Labute approximate surface area is 111 Å². The number of hydrogen-bond donors (Lipinski definition) is 1. The summed E-state index contributed by atoms with van der Waals surface area (Å²) >= 11 is 0. The highest BCUT2D eigenvalue weighted by atomic mass is 16.5. The highest BCUT2D eigenvalue weighted by Gasteiger charge is 2.53. The van der Waals surface area contributed by atoms with Crippen LogP contribution in [0.5, 0.6) is 0 Å². The highest BCUT2D eigenvalue weighted by Crippen LogP contribution is 2.58. The molecule has 18 heavy (non-hydrogen) atoms. The summed E-state index contributed by atoms with van der Waals surface area (Å²) in [6.07, 6.45) is 5.13. The Morgan fingerprint density at radius 3 is 2.72 bits per heavy atom. The molecule has 1 N–H and O–H groups in total. The van der Waals surface area contributed by atoms with Gasteiger partial charge in [-0.15, -0.1) is 0 Å². The maximum absolute atomic E-state index is 10.4. The second-order valence-corrected chi connectivity index (χ2v) is 7.16. The first-order chi connectivity index (χ1) is 8.30. The lowest BCUT2D eigenvalue weighted by Gasteiger charge is -2.44. The van der Waals surface area contributed by atoms with Gasteiger partial charge in [0.2, 0.25) is 0 Å². The molecule has 0 amide bonds. The van der Waals surface area contributed by atoms with Crippen LogP contribution in [0, 0.1) is 17.3 Å². The number of hydrogen-bond acceptors (Lipinski definition) is 2. The van der Waals surface area contributed by atoms with Crippen molar-refractivity contribution in [2.45, 2.75) is 64.6 Å². The van der Waals surface area contributed by atoms with Crippen molar-refractivity contribution in [2.75, 3.05) is 7.11 Å². The van der Waals surface area contributed by atoms with Crippen LogP contribution >= 0.6 is 0 Å². The summed E-state index contributed by atoms with van der Waals surface area (Å²) in [6, 6.07) is 0. The van der Waals surface area contributed by atoms with Crippen molar-refractivity contribution in [3.05, 3.63) is 12.2 Å². The van der Waals surface area contributed by atoms with Crippen LogP contribution in [0.4, 0.5) is 0 Å². The van der Waals surface area contributed by atoms with E-state index < -0.39 is 0 Å². The summed E-state index contributed by atoms with van der Waals surface area (Å²) in [7, 11) is 1.79. The van der Waals surface area contributed by atoms with E-state index >= 15 is 0 Å². The van der Waals surface area contributed by atoms with Crippen LogP contribution in [-0.4, -0.2) is 23.9 Å². The fourth-order valence-corrected chi connectivity index (χ4v) is 4.27. The molecule has 104 valence electrons. The van der Waals surface area contributed by atoms with Gasteiger partial charge in [0, 0.05) is 12.5 Å². The zero-order valence-corrected chi connectivity index (χ0v) is 12.3. The monoisotopic (exact) mass is 252 g/mol. The quantitative estimate of drug-likeness (QED) is 0.778. The molecule has 0 aromatic heterocycles. The highest BCUT2D eigenvalue weighted by molar-refractivity contribution is 5.18. The van der Waals surface area contributed by atoms with Crippen molar-refractivity contribution in [2.24, 2.45) is 17.3 Å². The molecule has 0 unspecified atom stereocenters. The van der Waals surface area contributed by atoms with Crippen molar-refractivity contribution in [3.8, 4) is 0 Å². The molecular formula is C16H28O2. The summed E-state index contributed by atoms with van der Waals surface area (Å²) in [4.78, 5) is 0. The third-order valence-corrected chi connectivity index (χ3v) is 5.48. The summed E-state index contributed by atoms with van der Waals surface area (Å²) in [5, 5.41) is 10.4. The Balaban J connectivity index is 2.18. The minimum absolute atomic E-state index is 0.0593. The molecule has 0 aromatic carbocycles. The lowest BCUT2D eigenvalue weighted by Crippen LogP contribution is -2.43. The molecule has 2 aliphatic carbocycles. The van der Waals surface area contributed by atoms with E-state index in [0.29, 0.717) is 11.8 Å². The van der Waals surface area contributed by atoms with E-state index in [0.717, 1.165) is 25.7 Å². The second-order valence-electron chi connectivity index (χ2n) is 7.16. The third kappa shape index (κ3) is 2.25. The van der Waals surface area contributed by atoms with Crippen LogP contribution in [0.25, 0.3) is 0 Å². The van der Waals surface area contributed by atoms with Gasteiger partial charge < -0.3 is 9.84 Å². The van der Waals surface area contributed by atoms with Gasteiger partial charge in [-0.3, -0.25) is 0 Å². The van der Waals surface area contributed by atoms with Crippen LogP contribution in [0.3, 0.4) is 0 Å². The molecule has 0 spiro atoms. The number of ether oxygens (including phenoxy) is 1. The first-order valence-electron chi connectivity index (χ1n) is 7.21. The minimum Gasteiger partial charge on any atom is -0.393 e. The molecule has 2 fully saturated rings. The molecule has 0 radical (unpaired) electrons. The van der Waals surface area contributed by atoms with Crippen LogP contribution in [0.2, 0.25) is 0 Å². The Morgan fingerprint density at radius 1 is 1.44 bits per heavy atom. The summed E-state index contributed by atoms with van der Waals surface area (Å²) in [5.41, 5.74) is 1.35. The van der Waals surface area contributed by atoms with Crippen molar-refractivity contribution < 1.29 is 9.84 Å². The van der Waals surface area contributed by atoms with Gasteiger partial charge in [-0.25, -0.2) is 0 Å². The Bertz CT molecular complexity index is 334. The summed E-state index contributed by atoms with van der Waals surface area (Å²) in [6.45, 7) is 10.9. The smallest absolute Gasteiger partial charge is 0.0625 e. The molecule has 4 atom stereocenters. The Morgan fingerprint density at radius 2 is 2.11 bits per heavy atom. The molecule has 0 aromatic rings. The average Bonchev–Trinajstić information content (AvgIpc) is 2.63. The first-order valence-corrected chi connectivity index (χ1v) is 7.21. The average molecular weight is 252 g/mol. The SMILES string of the molecule is C=C1CC[C@@H](O)[C@]2(C)CC[C@H](CC(C)(C)OC)[C@@H]12. The number of aliphatic hydroxyl groups excluding tert-OH is 1. The van der Waals surface area contributed by atoms with E-state index in [-0.39, 0.29) is 17.1 Å². The molecule has 0 bridgehead atoms. The van der Waals surface area contributed by atoms with Gasteiger partial charge in [-0.1, -0.05) is 19.1 Å². The first kappa shape index (κ1) is 14.1. The van der Waals surface area contributed by atoms with Gasteiger partial charge in [0.05, 0.1) is 11.7 Å². The Hall–Kier alpha value is -0.340. The molecule has 2 nitrogen and oxygen atoms in total. The maximum atomic E-state index is 10.4. The largest absolute Gasteiger partial charge is 0.393 e. The number of fused-ring (bicyclic) bond motifs is 1. The van der Waals surface area contributed by atoms with E-state index in [1.165, 1.54) is 12.0 Å². The molecule has 2 aliphatic rings. The number of aliphatic hydroxyl groups is 1. The molecule has 2 rings (SSSR count). The number of methoxy groups -OCH3 is 1. The van der Waals surface area contributed by atoms with Crippen LogP contribution in [-0.2, 0) is 4.74 Å². The summed E-state index contributed by atoms with van der Waals surface area (Å²) < 4.78 is 5.58. The second kappa shape index (κ2) is 4.64. The molecule has 2 heteroatoms. The van der Waals surface area contributed by atoms with Crippen molar-refractivity contribution in [1.82, 2.24) is 0 Å². The topological polar surface area (TPSA) is 29.5 Å². The fraction of sp³-hybridized carbons (Fsp3) is 0.875. The standard InChI is InChI=1S/C16H28O2/c1-11-6-7-13(17)16(4)9-8-12(14(11)16)10-15(2,3)18-5/h12-14,17H,1,6-10H2,2-5H3/t12-,13-,14-,16+/m1/s1. The number of allylic oxidation sites excluding steroid dienone is 1. The van der Waals surface area contributed by atoms with E-state index in [2.05, 4.69) is 27.4 Å². The van der Waals surface area contributed by atoms with Gasteiger partial charge in [0.1, 0.15) is 0 Å². The van der Waals surface area contributed by atoms with Crippen molar-refractivity contribution in [1.29, 1.82) is 0 Å². The predicted octanol–water partition coefficient (Wildman–Crippen LogP) is 3.54. The summed E-state index contributed by atoms with van der Waals surface area (Å²) in [5.74, 6) is 1.10. The third-order valence-electron chi connectivity index (χ3n) is 5.48. The van der Waals surface area contributed by atoms with E-state index in [9.17, 15) is 5.11 Å². The zero-order chi connectivity index (χ0) is 13.6. The van der Waals surface area contributed by atoms with Crippen molar-refractivity contribution >= 4 is 0 Å². The van der Waals surface area contributed by atoms with Gasteiger partial charge in [0.15, 0.2) is 0 Å². The molecule has 0 saturated heterocycles. The molecule has 0 aliphatic heterocycles. The number of rotatable bonds is 3. The lowest BCUT2D eigenvalue weighted by atomic mass is 9.63. The molecule has 2 saturated carbocycles. The van der Waals surface area contributed by atoms with E-state index in [1.54, 1.807) is 7.11 Å². The van der Waals surface area contributed by atoms with Gasteiger partial charge in [-0.05, 0) is 57.8 Å². The lowest BCUT2D eigenvalue weighted by molar-refractivity contribution is -0.0313. The minimum atomic E-state index is -0.149. The van der Waals surface area contributed by atoms with Crippen LogP contribution < -0.4 is 0 Å².